The number of nitrogens with one attached hydrogen (secondary N) is 1. The van der Waals surface area contributed by atoms with Gasteiger partial charge in [-0.3, -0.25) is 9.59 Å². The molecular formula is C28H28F2N2O6. The highest BCUT2D eigenvalue weighted by atomic mass is 19.1. The number of methoxy groups -OCH3 is 4. The van der Waals surface area contributed by atoms with Crippen molar-refractivity contribution in [3.05, 3.63) is 71.8 Å². The molecule has 1 N–H and O–H groups in total. The van der Waals surface area contributed by atoms with Crippen LogP contribution in [0.15, 0.2) is 54.6 Å². The van der Waals surface area contributed by atoms with Crippen LogP contribution in [0.25, 0.3) is 0 Å². The van der Waals surface area contributed by atoms with Gasteiger partial charge in [0.15, 0.2) is 11.5 Å². The molecule has 0 unspecified atom stereocenters. The number of halogens is 2. The molecule has 10 heteroatoms. The second kappa shape index (κ2) is 11.4. The normalized spacial score (nSPS) is 17.1. The summed E-state index contributed by atoms with van der Waals surface area (Å²) in [5.41, 5.74) is 0.934. The van der Waals surface area contributed by atoms with Gasteiger partial charge in [0, 0.05) is 24.6 Å². The molecule has 3 aromatic rings. The fraction of sp³-hybridized carbons (Fsp3) is 0.286. The van der Waals surface area contributed by atoms with Crippen LogP contribution in [-0.2, 0) is 9.59 Å². The molecular weight excluding hydrogens is 498 g/mol. The Hall–Kier alpha value is -4.34. The number of hydrogen-bond acceptors (Lipinski definition) is 6. The fourth-order valence-corrected chi connectivity index (χ4v) is 4.68. The average Bonchev–Trinajstić information content (AvgIpc) is 2.93. The summed E-state index contributed by atoms with van der Waals surface area (Å²) in [5.74, 6) is -1.54. The number of nitrogens with zero attached hydrogens (tertiary/aromatic N) is 1. The van der Waals surface area contributed by atoms with E-state index in [-0.39, 0.29) is 24.4 Å². The van der Waals surface area contributed by atoms with Crippen molar-refractivity contribution in [3.8, 4) is 23.0 Å². The third kappa shape index (κ3) is 5.20. The Morgan fingerprint density at radius 2 is 1.55 bits per heavy atom. The van der Waals surface area contributed by atoms with Gasteiger partial charge in [0.1, 0.15) is 17.4 Å². The van der Waals surface area contributed by atoms with Gasteiger partial charge in [0.25, 0.3) is 0 Å². The molecule has 200 valence electrons. The van der Waals surface area contributed by atoms with Crippen molar-refractivity contribution < 1.29 is 37.3 Å². The molecule has 0 bridgehead atoms. The zero-order chi connectivity index (χ0) is 27.4. The quantitative estimate of drug-likeness (QED) is 0.439. The van der Waals surface area contributed by atoms with Gasteiger partial charge in [-0.1, -0.05) is 12.1 Å². The van der Waals surface area contributed by atoms with Gasteiger partial charge in [-0.05, 0) is 36.2 Å². The van der Waals surface area contributed by atoms with Crippen LogP contribution < -0.4 is 29.2 Å². The summed E-state index contributed by atoms with van der Waals surface area (Å²) in [6.07, 6.45) is 0.276. The molecule has 0 aromatic heterocycles. The lowest BCUT2D eigenvalue weighted by molar-refractivity contribution is -0.126. The molecule has 0 saturated carbocycles. The first-order chi connectivity index (χ1) is 18.3. The monoisotopic (exact) mass is 526 g/mol. The van der Waals surface area contributed by atoms with Crippen LogP contribution in [-0.4, -0.2) is 40.3 Å². The second-order valence-electron chi connectivity index (χ2n) is 8.62. The standard InChI is InChI=1S/C28H28F2N2O6/c1-35-19-8-5-16(6-9-19)26-20(28(34)31-22-11-7-17(29)13-21(22)30)10-12-25(33)32(26)18-14-23(36-2)27(38-4)24(15-18)37-3/h5-9,11,13-15,20,26H,10,12H2,1-4H3,(H,31,34)/t20-,26-/m0/s1. The lowest BCUT2D eigenvalue weighted by atomic mass is 9.83. The Bertz CT molecular complexity index is 1310. The van der Waals surface area contributed by atoms with Crippen molar-refractivity contribution >= 4 is 23.2 Å². The van der Waals surface area contributed by atoms with Gasteiger partial charge < -0.3 is 29.2 Å². The van der Waals surface area contributed by atoms with Gasteiger partial charge in [-0.25, -0.2) is 8.78 Å². The van der Waals surface area contributed by atoms with Crippen molar-refractivity contribution in [1.29, 1.82) is 0 Å². The predicted octanol–water partition coefficient (Wildman–Crippen LogP) is 5.12. The Labute approximate surface area is 219 Å². The first-order valence-electron chi connectivity index (χ1n) is 11.8. The SMILES string of the molecule is COc1ccc([C@H]2[C@@H](C(=O)Nc3ccc(F)cc3F)CCC(=O)N2c2cc(OC)c(OC)c(OC)c2)cc1. The third-order valence-corrected chi connectivity index (χ3v) is 6.51. The summed E-state index contributed by atoms with van der Waals surface area (Å²) in [4.78, 5) is 28.5. The second-order valence-corrected chi connectivity index (χ2v) is 8.62. The van der Waals surface area contributed by atoms with E-state index < -0.39 is 29.5 Å². The van der Waals surface area contributed by atoms with E-state index in [4.69, 9.17) is 18.9 Å². The number of rotatable bonds is 8. The van der Waals surface area contributed by atoms with E-state index in [1.807, 2.05) is 0 Å². The van der Waals surface area contributed by atoms with Gasteiger partial charge in [-0.15, -0.1) is 0 Å². The van der Waals surface area contributed by atoms with Crippen LogP contribution >= 0.6 is 0 Å². The molecule has 2 amide bonds. The Morgan fingerprint density at radius 3 is 2.11 bits per heavy atom. The van der Waals surface area contributed by atoms with Gasteiger partial charge in [0.2, 0.25) is 17.6 Å². The van der Waals surface area contributed by atoms with Crippen molar-refractivity contribution in [1.82, 2.24) is 0 Å². The average molecular weight is 527 g/mol. The molecule has 1 aliphatic rings. The number of amides is 2. The maximum absolute atomic E-state index is 14.4. The molecule has 38 heavy (non-hydrogen) atoms. The molecule has 0 aliphatic carbocycles. The lowest BCUT2D eigenvalue weighted by Gasteiger charge is -2.41. The number of ether oxygens (including phenoxy) is 4. The first kappa shape index (κ1) is 26.7. The highest BCUT2D eigenvalue weighted by Crippen LogP contribution is 2.46. The zero-order valence-electron chi connectivity index (χ0n) is 21.4. The van der Waals surface area contributed by atoms with Crippen LogP contribution in [0.3, 0.4) is 0 Å². The summed E-state index contributed by atoms with van der Waals surface area (Å²) in [6, 6.07) is 12.4. The van der Waals surface area contributed by atoms with Crippen LogP contribution in [0.1, 0.15) is 24.4 Å². The van der Waals surface area contributed by atoms with Gasteiger partial charge in [0.05, 0.1) is 51.8 Å². The molecule has 2 atom stereocenters. The van der Waals surface area contributed by atoms with E-state index in [1.165, 1.54) is 33.3 Å². The maximum atomic E-state index is 14.4. The number of benzene rings is 3. The topological polar surface area (TPSA) is 86.3 Å². The van der Waals surface area contributed by atoms with E-state index in [1.54, 1.807) is 36.4 Å². The summed E-state index contributed by atoms with van der Waals surface area (Å²) in [5, 5.41) is 2.57. The molecule has 3 aromatic carbocycles. The minimum Gasteiger partial charge on any atom is -0.497 e. The molecule has 4 rings (SSSR count). The van der Waals surface area contributed by atoms with E-state index in [0.717, 1.165) is 12.1 Å². The summed E-state index contributed by atoms with van der Waals surface area (Å²) < 4.78 is 49.4. The van der Waals surface area contributed by atoms with Crippen LogP contribution in [0.5, 0.6) is 23.0 Å². The number of anilines is 2. The van der Waals surface area contributed by atoms with E-state index in [9.17, 15) is 18.4 Å². The molecule has 1 fully saturated rings. The van der Waals surface area contributed by atoms with Crippen molar-refractivity contribution in [3.63, 3.8) is 0 Å². The van der Waals surface area contributed by atoms with Crippen LogP contribution in [0.4, 0.5) is 20.2 Å². The number of piperidine rings is 1. The minimum absolute atomic E-state index is 0.0628. The van der Waals surface area contributed by atoms with Crippen molar-refractivity contribution in [2.75, 3.05) is 38.7 Å². The minimum atomic E-state index is -0.896. The Kier molecular flexibility index (Phi) is 7.99. The zero-order valence-corrected chi connectivity index (χ0v) is 21.4. The van der Waals surface area contributed by atoms with Gasteiger partial charge >= 0.3 is 0 Å². The number of hydrogen-bond donors (Lipinski definition) is 1. The molecule has 0 spiro atoms. The summed E-state index contributed by atoms with van der Waals surface area (Å²) in [6.45, 7) is 0. The highest BCUT2D eigenvalue weighted by molar-refractivity contribution is 6.00. The van der Waals surface area contributed by atoms with Crippen LogP contribution in [0, 0.1) is 17.6 Å². The first-order valence-corrected chi connectivity index (χ1v) is 11.8. The molecule has 1 heterocycles. The third-order valence-electron chi connectivity index (χ3n) is 6.51. The fourth-order valence-electron chi connectivity index (χ4n) is 4.68. The maximum Gasteiger partial charge on any atom is 0.230 e. The highest BCUT2D eigenvalue weighted by Gasteiger charge is 2.42. The van der Waals surface area contributed by atoms with E-state index in [2.05, 4.69) is 5.32 Å². The van der Waals surface area contributed by atoms with Gasteiger partial charge in [-0.2, -0.15) is 0 Å². The van der Waals surface area contributed by atoms with Crippen LogP contribution in [0.2, 0.25) is 0 Å². The molecule has 1 aliphatic heterocycles. The molecule has 1 saturated heterocycles. The molecule has 8 nitrogen and oxygen atoms in total. The number of carbonyl (C=O) groups excluding carboxylic acids is 2. The summed E-state index contributed by atoms with van der Waals surface area (Å²) in [7, 11) is 5.94. The summed E-state index contributed by atoms with van der Waals surface area (Å²) >= 11 is 0. The molecule has 0 radical (unpaired) electrons. The van der Waals surface area contributed by atoms with E-state index >= 15 is 0 Å². The largest absolute Gasteiger partial charge is 0.497 e. The number of carbonyl (C=O) groups is 2. The predicted molar refractivity (Wildman–Crippen MR) is 137 cm³/mol. The Morgan fingerprint density at radius 1 is 0.895 bits per heavy atom. The van der Waals surface area contributed by atoms with E-state index in [0.29, 0.717) is 40.3 Å². The Balaban J connectivity index is 1.82. The van der Waals surface area contributed by atoms with Crippen molar-refractivity contribution in [2.45, 2.75) is 18.9 Å². The lowest BCUT2D eigenvalue weighted by Crippen LogP contribution is -2.47. The smallest absolute Gasteiger partial charge is 0.230 e. The van der Waals surface area contributed by atoms with Crippen molar-refractivity contribution in [2.24, 2.45) is 5.92 Å².